The average Bonchev–Trinajstić information content (AvgIpc) is 3.03. The maximum Gasteiger partial charge on any atom is 0.244 e. The molecule has 2 heterocycles. The lowest BCUT2D eigenvalue weighted by atomic mass is 10.1. The molecule has 0 aliphatic carbocycles. The van der Waals surface area contributed by atoms with Gasteiger partial charge in [-0.25, -0.2) is 0 Å². The van der Waals surface area contributed by atoms with Gasteiger partial charge >= 0.3 is 0 Å². The third-order valence-corrected chi connectivity index (χ3v) is 5.20. The highest BCUT2D eigenvalue weighted by Gasteiger charge is 2.11. The molecule has 2 aliphatic heterocycles. The Balaban J connectivity index is 1.25. The Bertz CT molecular complexity index is 873. The third-order valence-electron chi connectivity index (χ3n) is 5.20. The van der Waals surface area contributed by atoms with E-state index in [1.54, 1.807) is 12.2 Å². The lowest BCUT2D eigenvalue weighted by Gasteiger charge is -2.26. The van der Waals surface area contributed by atoms with E-state index in [0.717, 1.165) is 61.9 Å². The Hall–Kier alpha value is -2.83. The summed E-state index contributed by atoms with van der Waals surface area (Å²) in [5.74, 6) is 1.36. The number of nitrogens with one attached hydrogen (secondary N) is 1. The van der Waals surface area contributed by atoms with Crippen LogP contribution in [-0.4, -0.2) is 50.3 Å². The zero-order chi connectivity index (χ0) is 20.6. The molecule has 30 heavy (non-hydrogen) atoms. The molecular formula is C24H28N2O4. The molecule has 2 aromatic carbocycles. The summed E-state index contributed by atoms with van der Waals surface area (Å²) in [6, 6.07) is 14.1. The number of hydrogen-bond donors (Lipinski definition) is 1. The largest absolute Gasteiger partial charge is 0.490 e. The van der Waals surface area contributed by atoms with Crippen LogP contribution < -0.4 is 14.8 Å². The SMILES string of the molecule is O=C(/C=C/c1ccc2c(c1)OCCCO2)NCc1ccc(CN2CCOCC2)cc1. The van der Waals surface area contributed by atoms with Gasteiger partial charge in [0.1, 0.15) is 0 Å². The van der Waals surface area contributed by atoms with Crippen molar-refractivity contribution in [1.29, 1.82) is 0 Å². The average molecular weight is 408 g/mol. The zero-order valence-electron chi connectivity index (χ0n) is 17.1. The van der Waals surface area contributed by atoms with Crippen molar-refractivity contribution in [3.05, 3.63) is 65.2 Å². The Morgan fingerprint density at radius 3 is 2.47 bits per heavy atom. The number of carbonyl (C=O) groups is 1. The maximum absolute atomic E-state index is 12.2. The van der Waals surface area contributed by atoms with Gasteiger partial charge in [0, 0.05) is 38.7 Å². The monoisotopic (exact) mass is 408 g/mol. The number of fused-ring (bicyclic) bond motifs is 1. The molecule has 1 amide bonds. The first-order valence-corrected chi connectivity index (χ1v) is 10.5. The predicted octanol–water partition coefficient (Wildman–Crippen LogP) is 3.01. The van der Waals surface area contributed by atoms with Gasteiger partial charge in [-0.15, -0.1) is 0 Å². The highest BCUT2D eigenvalue weighted by molar-refractivity contribution is 5.91. The van der Waals surface area contributed by atoms with E-state index in [0.29, 0.717) is 19.8 Å². The van der Waals surface area contributed by atoms with Crippen LogP contribution in [0.5, 0.6) is 11.5 Å². The van der Waals surface area contributed by atoms with Crippen molar-refractivity contribution in [1.82, 2.24) is 10.2 Å². The van der Waals surface area contributed by atoms with E-state index in [-0.39, 0.29) is 5.91 Å². The highest BCUT2D eigenvalue weighted by atomic mass is 16.5. The van der Waals surface area contributed by atoms with Crippen LogP contribution in [0, 0.1) is 0 Å². The van der Waals surface area contributed by atoms with Crippen molar-refractivity contribution >= 4 is 12.0 Å². The molecule has 2 aromatic rings. The smallest absolute Gasteiger partial charge is 0.244 e. The molecule has 4 rings (SSSR count). The van der Waals surface area contributed by atoms with E-state index < -0.39 is 0 Å². The lowest BCUT2D eigenvalue weighted by Crippen LogP contribution is -2.35. The van der Waals surface area contributed by atoms with Crippen molar-refractivity contribution in [3.8, 4) is 11.5 Å². The molecule has 6 heteroatoms. The van der Waals surface area contributed by atoms with Crippen LogP contribution in [0.15, 0.2) is 48.5 Å². The van der Waals surface area contributed by atoms with E-state index >= 15 is 0 Å². The minimum absolute atomic E-state index is 0.125. The van der Waals surface area contributed by atoms with Gasteiger partial charge in [0.25, 0.3) is 0 Å². The fourth-order valence-electron chi connectivity index (χ4n) is 3.48. The summed E-state index contributed by atoms with van der Waals surface area (Å²) < 4.78 is 16.7. The first-order valence-electron chi connectivity index (χ1n) is 10.5. The number of amides is 1. The Kier molecular flexibility index (Phi) is 7.00. The molecule has 0 aromatic heterocycles. The second-order valence-electron chi connectivity index (χ2n) is 7.51. The summed E-state index contributed by atoms with van der Waals surface area (Å²) >= 11 is 0. The fraction of sp³-hybridized carbons (Fsp3) is 0.375. The molecule has 0 saturated carbocycles. The second-order valence-corrected chi connectivity index (χ2v) is 7.51. The molecule has 2 aliphatic rings. The van der Waals surface area contributed by atoms with E-state index in [2.05, 4.69) is 34.5 Å². The molecule has 1 fully saturated rings. The summed E-state index contributed by atoms with van der Waals surface area (Å²) in [5, 5.41) is 2.93. The van der Waals surface area contributed by atoms with Gasteiger partial charge in [0.2, 0.25) is 5.91 Å². The van der Waals surface area contributed by atoms with E-state index in [9.17, 15) is 4.79 Å². The topological polar surface area (TPSA) is 60.0 Å². The summed E-state index contributed by atoms with van der Waals surface area (Å²) in [5.41, 5.74) is 3.27. The Labute approximate surface area is 177 Å². The second kappa shape index (κ2) is 10.3. The van der Waals surface area contributed by atoms with Crippen LogP contribution in [0.25, 0.3) is 6.08 Å². The summed E-state index contributed by atoms with van der Waals surface area (Å²) in [7, 11) is 0. The van der Waals surface area contributed by atoms with Crippen LogP contribution in [-0.2, 0) is 22.6 Å². The number of benzene rings is 2. The van der Waals surface area contributed by atoms with Gasteiger partial charge in [-0.3, -0.25) is 9.69 Å². The standard InChI is InChI=1S/C24H28N2O4/c27-24(9-7-19-6-8-22-23(16-19)30-13-1-12-29-22)25-17-20-2-4-21(5-3-20)18-26-10-14-28-15-11-26/h2-9,16H,1,10-15,17-18H2,(H,25,27)/b9-7+. The van der Waals surface area contributed by atoms with Crippen molar-refractivity contribution in [2.45, 2.75) is 19.5 Å². The summed E-state index contributed by atoms with van der Waals surface area (Å²) in [4.78, 5) is 14.6. The van der Waals surface area contributed by atoms with E-state index in [1.807, 2.05) is 18.2 Å². The van der Waals surface area contributed by atoms with E-state index in [1.165, 1.54) is 5.56 Å². The van der Waals surface area contributed by atoms with Crippen LogP contribution in [0.1, 0.15) is 23.1 Å². The molecule has 0 unspecified atom stereocenters. The van der Waals surface area contributed by atoms with Gasteiger partial charge in [0.15, 0.2) is 11.5 Å². The number of rotatable bonds is 6. The molecule has 0 bridgehead atoms. The van der Waals surface area contributed by atoms with Crippen LogP contribution in [0.3, 0.4) is 0 Å². The van der Waals surface area contributed by atoms with Crippen molar-refractivity contribution < 1.29 is 19.0 Å². The summed E-state index contributed by atoms with van der Waals surface area (Å²) in [6.07, 6.45) is 4.21. The molecule has 0 radical (unpaired) electrons. The molecule has 1 N–H and O–H groups in total. The Morgan fingerprint density at radius 2 is 1.67 bits per heavy atom. The number of carbonyl (C=O) groups excluding carboxylic acids is 1. The minimum atomic E-state index is -0.125. The van der Waals surface area contributed by atoms with Gasteiger partial charge in [-0.1, -0.05) is 30.3 Å². The number of nitrogens with zero attached hydrogens (tertiary/aromatic N) is 1. The molecule has 158 valence electrons. The fourth-order valence-corrected chi connectivity index (χ4v) is 3.48. The maximum atomic E-state index is 12.2. The number of morpholine rings is 1. The molecule has 6 nitrogen and oxygen atoms in total. The number of hydrogen-bond acceptors (Lipinski definition) is 5. The predicted molar refractivity (Wildman–Crippen MR) is 115 cm³/mol. The minimum Gasteiger partial charge on any atom is -0.490 e. The van der Waals surface area contributed by atoms with Gasteiger partial charge in [0.05, 0.1) is 26.4 Å². The van der Waals surface area contributed by atoms with Crippen molar-refractivity contribution in [3.63, 3.8) is 0 Å². The van der Waals surface area contributed by atoms with Crippen LogP contribution in [0.2, 0.25) is 0 Å². The third kappa shape index (κ3) is 5.84. The van der Waals surface area contributed by atoms with Crippen molar-refractivity contribution in [2.24, 2.45) is 0 Å². The van der Waals surface area contributed by atoms with Gasteiger partial charge < -0.3 is 19.5 Å². The van der Waals surface area contributed by atoms with Gasteiger partial charge in [-0.05, 0) is 34.9 Å². The first-order chi connectivity index (χ1) is 14.8. The number of ether oxygens (including phenoxy) is 3. The summed E-state index contributed by atoms with van der Waals surface area (Å²) in [6.45, 7) is 6.33. The highest BCUT2D eigenvalue weighted by Crippen LogP contribution is 2.30. The normalized spacial score (nSPS) is 16.9. The zero-order valence-corrected chi connectivity index (χ0v) is 17.1. The quantitative estimate of drug-likeness (QED) is 0.745. The van der Waals surface area contributed by atoms with Gasteiger partial charge in [-0.2, -0.15) is 0 Å². The lowest BCUT2D eigenvalue weighted by molar-refractivity contribution is -0.116. The van der Waals surface area contributed by atoms with Crippen molar-refractivity contribution in [2.75, 3.05) is 39.5 Å². The van der Waals surface area contributed by atoms with Crippen LogP contribution in [0.4, 0.5) is 0 Å². The Morgan fingerprint density at radius 1 is 0.933 bits per heavy atom. The molecular weight excluding hydrogens is 380 g/mol. The van der Waals surface area contributed by atoms with E-state index in [4.69, 9.17) is 14.2 Å². The molecule has 1 saturated heterocycles. The molecule has 0 atom stereocenters. The molecule has 0 spiro atoms. The first kappa shape index (κ1) is 20.4. The van der Waals surface area contributed by atoms with Crippen LogP contribution >= 0.6 is 0 Å².